The molecule has 0 spiro atoms. The number of nitrogens with zero attached hydrogens (tertiary/aromatic N) is 2. The molecule has 1 amide bonds. The average Bonchev–Trinajstić information content (AvgIpc) is 2.44. The van der Waals surface area contributed by atoms with Crippen molar-refractivity contribution >= 4 is 18.3 Å². The molecule has 0 aliphatic heterocycles. The predicted octanol–water partition coefficient (Wildman–Crippen LogP) is 2.55. The molecule has 4 heteroatoms. The highest BCUT2D eigenvalue weighted by molar-refractivity contribution is 5.95. The van der Waals surface area contributed by atoms with Gasteiger partial charge < -0.3 is 5.73 Å². The molecule has 4 nitrogen and oxygen atoms in total. The van der Waals surface area contributed by atoms with Gasteiger partial charge in [-0.25, -0.2) is 0 Å². The van der Waals surface area contributed by atoms with Gasteiger partial charge in [0.25, 0.3) is 0 Å². The van der Waals surface area contributed by atoms with Gasteiger partial charge in [-0.1, -0.05) is 42.0 Å². The van der Waals surface area contributed by atoms with Gasteiger partial charge in [0.1, 0.15) is 0 Å². The topological polar surface area (TPSA) is 67.8 Å². The van der Waals surface area contributed by atoms with Gasteiger partial charge in [-0.05, 0) is 30.2 Å². The van der Waals surface area contributed by atoms with Crippen molar-refractivity contribution in [3.05, 3.63) is 70.8 Å². The highest BCUT2D eigenvalue weighted by Crippen LogP contribution is 2.03. The first-order valence-electron chi connectivity index (χ1n) is 6.18. The molecule has 2 rings (SSSR count). The third kappa shape index (κ3) is 3.88. The summed E-state index contributed by atoms with van der Waals surface area (Å²) in [5.41, 5.74) is 8.62. The van der Waals surface area contributed by atoms with E-state index in [0.29, 0.717) is 5.56 Å². The van der Waals surface area contributed by atoms with E-state index in [1.807, 2.05) is 37.3 Å². The standard InChI is InChI=1S/C16H15N3O/c1-12-4-2-5-13(8-12)10-18-19-11-14-6-3-7-15(9-14)16(17)20/h2-11H,1H3,(H2,17,20). The van der Waals surface area contributed by atoms with Crippen molar-refractivity contribution in [2.45, 2.75) is 6.92 Å². The Hall–Kier alpha value is -2.75. The van der Waals surface area contributed by atoms with Gasteiger partial charge in [0, 0.05) is 5.56 Å². The molecule has 100 valence electrons. The minimum atomic E-state index is -0.455. The van der Waals surface area contributed by atoms with Crippen molar-refractivity contribution in [2.75, 3.05) is 0 Å². The van der Waals surface area contributed by atoms with Crippen LogP contribution in [0.3, 0.4) is 0 Å². The second-order valence-electron chi connectivity index (χ2n) is 4.39. The SMILES string of the molecule is Cc1cccc(C=NN=Cc2cccc(C(N)=O)c2)c1. The number of primary amides is 1. The van der Waals surface area contributed by atoms with E-state index in [4.69, 9.17) is 5.73 Å². The first-order valence-corrected chi connectivity index (χ1v) is 6.18. The molecule has 0 aromatic heterocycles. The molecule has 0 radical (unpaired) electrons. The summed E-state index contributed by atoms with van der Waals surface area (Å²) in [6, 6.07) is 14.9. The van der Waals surface area contributed by atoms with Crippen molar-refractivity contribution < 1.29 is 4.79 Å². The lowest BCUT2D eigenvalue weighted by molar-refractivity contribution is 0.100. The van der Waals surface area contributed by atoms with Crippen LogP contribution < -0.4 is 5.73 Å². The van der Waals surface area contributed by atoms with E-state index >= 15 is 0 Å². The van der Waals surface area contributed by atoms with E-state index in [1.54, 1.807) is 30.6 Å². The van der Waals surface area contributed by atoms with Gasteiger partial charge in [-0.15, -0.1) is 0 Å². The van der Waals surface area contributed by atoms with E-state index < -0.39 is 5.91 Å². The van der Waals surface area contributed by atoms with E-state index in [-0.39, 0.29) is 0 Å². The van der Waals surface area contributed by atoms with Crippen LogP contribution >= 0.6 is 0 Å². The van der Waals surface area contributed by atoms with Gasteiger partial charge in [0.05, 0.1) is 12.4 Å². The number of aryl methyl sites for hydroxylation is 1. The maximum atomic E-state index is 11.0. The molecule has 0 aliphatic carbocycles. The molecule has 0 unspecified atom stereocenters. The lowest BCUT2D eigenvalue weighted by Gasteiger charge is -1.96. The van der Waals surface area contributed by atoms with Gasteiger partial charge in [0.15, 0.2) is 0 Å². The predicted molar refractivity (Wildman–Crippen MR) is 81.3 cm³/mol. The van der Waals surface area contributed by atoms with E-state index in [0.717, 1.165) is 11.1 Å². The van der Waals surface area contributed by atoms with Crippen molar-refractivity contribution in [2.24, 2.45) is 15.9 Å². The van der Waals surface area contributed by atoms with E-state index in [9.17, 15) is 4.79 Å². The minimum Gasteiger partial charge on any atom is -0.366 e. The first-order chi connectivity index (χ1) is 9.65. The molecule has 0 heterocycles. The smallest absolute Gasteiger partial charge is 0.248 e. The minimum absolute atomic E-state index is 0.455. The van der Waals surface area contributed by atoms with E-state index in [1.165, 1.54) is 5.56 Å². The summed E-state index contributed by atoms with van der Waals surface area (Å²) >= 11 is 0. The maximum absolute atomic E-state index is 11.0. The zero-order chi connectivity index (χ0) is 14.4. The largest absolute Gasteiger partial charge is 0.366 e. The second-order valence-corrected chi connectivity index (χ2v) is 4.39. The summed E-state index contributed by atoms with van der Waals surface area (Å²) in [6.07, 6.45) is 3.26. The number of hydrogen-bond acceptors (Lipinski definition) is 3. The van der Waals surface area contributed by atoms with Crippen molar-refractivity contribution in [1.29, 1.82) is 0 Å². The molecular formula is C16H15N3O. The quantitative estimate of drug-likeness (QED) is 0.670. The van der Waals surface area contributed by atoms with Gasteiger partial charge in [-0.3, -0.25) is 4.79 Å². The number of carbonyl (C=O) groups is 1. The number of benzene rings is 2. The fraction of sp³-hybridized carbons (Fsp3) is 0.0625. The van der Waals surface area contributed by atoms with Crippen LogP contribution in [0.1, 0.15) is 27.0 Å². The fourth-order valence-corrected chi connectivity index (χ4v) is 1.72. The Kier molecular flexibility index (Phi) is 4.39. The average molecular weight is 265 g/mol. The van der Waals surface area contributed by atoms with Gasteiger partial charge in [-0.2, -0.15) is 10.2 Å². The van der Waals surface area contributed by atoms with Crippen molar-refractivity contribution in [3.8, 4) is 0 Å². The molecule has 0 saturated heterocycles. The summed E-state index contributed by atoms with van der Waals surface area (Å²) < 4.78 is 0. The van der Waals surface area contributed by atoms with Gasteiger partial charge >= 0.3 is 0 Å². The molecule has 0 aliphatic rings. The van der Waals surface area contributed by atoms with Crippen LogP contribution in [0.5, 0.6) is 0 Å². The lowest BCUT2D eigenvalue weighted by atomic mass is 10.1. The number of amides is 1. The maximum Gasteiger partial charge on any atom is 0.248 e. The van der Waals surface area contributed by atoms with Crippen LogP contribution in [0.25, 0.3) is 0 Å². The second kappa shape index (κ2) is 6.43. The van der Waals surface area contributed by atoms with Crippen LogP contribution in [0.15, 0.2) is 58.7 Å². The third-order valence-electron chi connectivity index (χ3n) is 2.69. The summed E-state index contributed by atoms with van der Waals surface area (Å²) in [7, 11) is 0. The van der Waals surface area contributed by atoms with Crippen LogP contribution in [0.4, 0.5) is 0 Å². The Balaban J connectivity index is 2.06. The molecule has 2 aromatic carbocycles. The number of rotatable bonds is 4. The molecule has 2 N–H and O–H groups in total. The van der Waals surface area contributed by atoms with Crippen LogP contribution in [-0.2, 0) is 0 Å². The highest BCUT2D eigenvalue weighted by Gasteiger charge is 1.98. The zero-order valence-corrected chi connectivity index (χ0v) is 11.2. The number of nitrogens with two attached hydrogens (primary N) is 1. The fourth-order valence-electron chi connectivity index (χ4n) is 1.72. The zero-order valence-electron chi connectivity index (χ0n) is 11.2. The normalized spacial score (nSPS) is 11.2. The number of hydrogen-bond donors (Lipinski definition) is 1. The molecule has 0 fully saturated rings. The summed E-state index contributed by atoms with van der Waals surface area (Å²) in [4.78, 5) is 11.0. The van der Waals surface area contributed by atoms with Crippen LogP contribution in [0.2, 0.25) is 0 Å². The lowest BCUT2D eigenvalue weighted by Crippen LogP contribution is -2.10. The summed E-state index contributed by atoms with van der Waals surface area (Å²) in [5, 5.41) is 7.94. The molecule has 0 saturated carbocycles. The first kappa shape index (κ1) is 13.7. The van der Waals surface area contributed by atoms with E-state index in [2.05, 4.69) is 10.2 Å². The van der Waals surface area contributed by atoms with Crippen molar-refractivity contribution in [3.63, 3.8) is 0 Å². The molecule has 20 heavy (non-hydrogen) atoms. The Morgan fingerprint density at radius 1 is 1.00 bits per heavy atom. The Morgan fingerprint density at radius 3 is 2.20 bits per heavy atom. The molecule has 2 aromatic rings. The monoisotopic (exact) mass is 265 g/mol. The third-order valence-corrected chi connectivity index (χ3v) is 2.69. The van der Waals surface area contributed by atoms with Crippen molar-refractivity contribution in [1.82, 2.24) is 0 Å². The van der Waals surface area contributed by atoms with Crippen LogP contribution in [0, 0.1) is 6.92 Å². The highest BCUT2D eigenvalue weighted by atomic mass is 16.1. The Labute approximate surface area is 117 Å². The Bertz CT molecular complexity index is 675. The summed E-state index contributed by atoms with van der Waals surface area (Å²) in [5.74, 6) is -0.455. The Morgan fingerprint density at radius 2 is 1.60 bits per heavy atom. The number of carbonyl (C=O) groups excluding carboxylic acids is 1. The van der Waals surface area contributed by atoms with Crippen LogP contribution in [-0.4, -0.2) is 18.3 Å². The molecular weight excluding hydrogens is 250 g/mol. The molecule has 0 atom stereocenters. The molecule has 0 bridgehead atoms. The van der Waals surface area contributed by atoms with Gasteiger partial charge in [0.2, 0.25) is 5.91 Å². The summed E-state index contributed by atoms with van der Waals surface area (Å²) in [6.45, 7) is 2.02.